The van der Waals surface area contributed by atoms with Crippen molar-refractivity contribution in [2.24, 2.45) is 0 Å². The number of aromatic nitrogens is 3. The second kappa shape index (κ2) is 4.86. The smallest absolute Gasteiger partial charge is 0.246 e. The predicted molar refractivity (Wildman–Crippen MR) is 69.3 cm³/mol. The number of nitrogens with zero attached hydrogens (tertiary/aromatic N) is 4. The topological polar surface area (TPSA) is 60.0 Å². The molecule has 0 unspecified atom stereocenters. The molecule has 1 aromatic heterocycles. The Balaban J connectivity index is 2.37. The molecular formula is C12H17N5. The third-order valence-electron chi connectivity index (χ3n) is 2.67. The summed E-state index contributed by atoms with van der Waals surface area (Å²) >= 11 is 0. The number of nitrogens with two attached hydrogens (primary N) is 1. The van der Waals surface area contributed by atoms with Gasteiger partial charge in [-0.15, -0.1) is 5.10 Å². The van der Waals surface area contributed by atoms with Crippen molar-refractivity contribution in [3.8, 4) is 5.69 Å². The van der Waals surface area contributed by atoms with Gasteiger partial charge < -0.3 is 10.6 Å². The van der Waals surface area contributed by atoms with E-state index in [1.54, 1.807) is 4.68 Å². The van der Waals surface area contributed by atoms with E-state index >= 15 is 0 Å². The van der Waals surface area contributed by atoms with E-state index in [2.05, 4.69) is 28.8 Å². The van der Waals surface area contributed by atoms with Gasteiger partial charge in [-0.2, -0.15) is 9.67 Å². The zero-order chi connectivity index (χ0) is 12.3. The zero-order valence-electron chi connectivity index (χ0n) is 10.2. The Morgan fingerprint density at radius 3 is 2.41 bits per heavy atom. The Hall–Kier alpha value is -2.04. The predicted octanol–water partition coefficient (Wildman–Crippen LogP) is 1.70. The van der Waals surface area contributed by atoms with E-state index in [0.717, 1.165) is 18.8 Å². The average molecular weight is 231 g/mol. The summed E-state index contributed by atoms with van der Waals surface area (Å²) in [6.45, 7) is 5.88. The molecule has 2 rings (SSSR count). The molecule has 17 heavy (non-hydrogen) atoms. The lowest BCUT2D eigenvalue weighted by Crippen LogP contribution is -2.23. The van der Waals surface area contributed by atoms with Crippen LogP contribution in [0.1, 0.15) is 13.8 Å². The first-order valence-corrected chi connectivity index (χ1v) is 5.79. The molecule has 0 spiro atoms. The lowest BCUT2D eigenvalue weighted by atomic mass is 10.3. The first kappa shape index (κ1) is 11.4. The van der Waals surface area contributed by atoms with Gasteiger partial charge in [0.15, 0.2) is 0 Å². The van der Waals surface area contributed by atoms with E-state index < -0.39 is 0 Å². The molecule has 5 nitrogen and oxygen atoms in total. The number of rotatable bonds is 4. The molecule has 0 saturated carbocycles. The highest BCUT2D eigenvalue weighted by atomic mass is 15.4. The van der Waals surface area contributed by atoms with Crippen LogP contribution >= 0.6 is 0 Å². The maximum Gasteiger partial charge on any atom is 0.246 e. The number of nitrogen functional groups attached to an aromatic ring is 1. The van der Waals surface area contributed by atoms with E-state index in [4.69, 9.17) is 5.73 Å². The highest BCUT2D eigenvalue weighted by Gasteiger charge is 2.12. The van der Waals surface area contributed by atoms with Crippen molar-refractivity contribution in [2.45, 2.75) is 13.8 Å². The SMILES string of the molecule is CCN(CC)c1nc(N)n(-c2ccccc2)n1. The van der Waals surface area contributed by atoms with Crippen LogP contribution in [-0.4, -0.2) is 27.9 Å². The second-order valence-corrected chi connectivity index (χ2v) is 3.69. The molecule has 0 radical (unpaired) electrons. The summed E-state index contributed by atoms with van der Waals surface area (Å²) in [5, 5.41) is 4.43. The molecule has 1 aromatic carbocycles. The Morgan fingerprint density at radius 2 is 1.82 bits per heavy atom. The molecule has 1 heterocycles. The van der Waals surface area contributed by atoms with E-state index in [-0.39, 0.29) is 0 Å². The van der Waals surface area contributed by atoms with Gasteiger partial charge in [0.05, 0.1) is 5.69 Å². The van der Waals surface area contributed by atoms with E-state index in [9.17, 15) is 0 Å². The normalized spacial score (nSPS) is 10.5. The number of hydrogen-bond acceptors (Lipinski definition) is 4. The van der Waals surface area contributed by atoms with Crippen LogP contribution in [-0.2, 0) is 0 Å². The summed E-state index contributed by atoms with van der Waals surface area (Å²) in [7, 11) is 0. The lowest BCUT2D eigenvalue weighted by molar-refractivity contribution is 0.802. The number of anilines is 2. The average Bonchev–Trinajstić information content (AvgIpc) is 2.74. The van der Waals surface area contributed by atoms with Gasteiger partial charge in [0.25, 0.3) is 0 Å². The third-order valence-corrected chi connectivity index (χ3v) is 2.67. The molecule has 0 saturated heterocycles. The minimum atomic E-state index is 0.415. The summed E-state index contributed by atoms with van der Waals surface area (Å²) in [6.07, 6.45) is 0. The van der Waals surface area contributed by atoms with Crippen molar-refractivity contribution in [2.75, 3.05) is 23.7 Å². The molecule has 5 heteroatoms. The fraction of sp³-hybridized carbons (Fsp3) is 0.333. The number of benzene rings is 1. The maximum atomic E-state index is 5.88. The molecule has 0 aliphatic heterocycles. The van der Waals surface area contributed by atoms with Crippen molar-refractivity contribution < 1.29 is 0 Å². The minimum absolute atomic E-state index is 0.415. The summed E-state index contributed by atoms with van der Waals surface area (Å²) < 4.78 is 1.66. The summed E-state index contributed by atoms with van der Waals surface area (Å²) in [5.41, 5.74) is 6.81. The third kappa shape index (κ3) is 2.22. The maximum absolute atomic E-state index is 5.88. The molecule has 0 amide bonds. The molecule has 0 aliphatic carbocycles. The lowest BCUT2D eigenvalue weighted by Gasteiger charge is -2.15. The largest absolute Gasteiger partial charge is 0.368 e. The molecule has 0 atom stereocenters. The van der Waals surface area contributed by atoms with Crippen LogP contribution in [0.15, 0.2) is 30.3 Å². The standard InChI is InChI=1S/C12H17N5/c1-3-16(4-2)12-14-11(13)17(15-12)10-8-6-5-7-9-10/h5-9H,3-4H2,1-2H3,(H2,13,14,15). The van der Waals surface area contributed by atoms with Gasteiger partial charge in [-0.25, -0.2) is 0 Å². The van der Waals surface area contributed by atoms with Gasteiger partial charge in [-0.3, -0.25) is 0 Å². The molecule has 2 N–H and O–H groups in total. The van der Waals surface area contributed by atoms with Crippen LogP contribution in [0.25, 0.3) is 5.69 Å². The van der Waals surface area contributed by atoms with Gasteiger partial charge in [0, 0.05) is 13.1 Å². The highest BCUT2D eigenvalue weighted by molar-refractivity contribution is 5.42. The van der Waals surface area contributed by atoms with Crippen LogP contribution in [0.4, 0.5) is 11.9 Å². The van der Waals surface area contributed by atoms with Crippen molar-refractivity contribution in [3.63, 3.8) is 0 Å². The Bertz CT molecular complexity index is 473. The van der Waals surface area contributed by atoms with Gasteiger partial charge in [-0.1, -0.05) is 18.2 Å². The van der Waals surface area contributed by atoms with Crippen LogP contribution in [0.5, 0.6) is 0 Å². The van der Waals surface area contributed by atoms with Gasteiger partial charge in [-0.05, 0) is 26.0 Å². The van der Waals surface area contributed by atoms with Crippen molar-refractivity contribution in [3.05, 3.63) is 30.3 Å². The van der Waals surface area contributed by atoms with Crippen LogP contribution in [0.3, 0.4) is 0 Å². The van der Waals surface area contributed by atoms with E-state index in [1.165, 1.54) is 0 Å². The van der Waals surface area contributed by atoms with E-state index in [0.29, 0.717) is 11.9 Å². The molecule has 90 valence electrons. The zero-order valence-corrected chi connectivity index (χ0v) is 10.2. The Kier molecular flexibility index (Phi) is 3.27. The first-order valence-electron chi connectivity index (χ1n) is 5.79. The molecular weight excluding hydrogens is 214 g/mol. The number of para-hydroxylation sites is 1. The fourth-order valence-electron chi connectivity index (χ4n) is 1.71. The molecule has 0 bridgehead atoms. The van der Waals surface area contributed by atoms with Crippen molar-refractivity contribution in [1.82, 2.24) is 14.8 Å². The molecule has 0 fully saturated rings. The van der Waals surface area contributed by atoms with Gasteiger partial charge >= 0.3 is 0 Å². The fourth-order valence-corrected chi connectivity index (χ4v) is 1.71. The summed E-state index contributed by atoms with van der Waals surface area (Å²) in [4.78, 5) is 6.35. The van der Waals surface area contributed by atoms with Gasteiger partial charge in [0.2, 0.25) is 11.9 Å². The quantitative estimate of drug-likeness (QED) is 0.870. The van der Waals surface area contributed by atoms with Crippen LogP contribution in [0, 0.1) is 0 Å². The van der Waals surface area contributed by atoms with Crippen molar-refractivity contribution in [1.29, 1.82) is 0 Å². The highest BCUT2D eigenvalue weighted by Crippen LogP contribution is 2.15. The minimum Gasteiger partial charge on any atom is -0.368 e. The first-order chi connectivity index (χ1) is 8.26. The molecule has 2 aromatic rings. The Labute approximate surface area is 101 Å². The number of hydrogen-bond donors (Lipinski definition) is 1. The summed E-state index contributed by atoms with van der Waals surface area (Å²) in [5.74, 6) is 1.09. The van der Waals surface area contributed by atoms with Crippen LogP contribution < -0.4 is 10.6 Å². The monoisotopic (exact) mass is 231 g/mol. The van der Waals surface area contributed by atoms with E-state index in [1.807, 2.05) is 30.3 Å². The van der Waals surface area contributed by atoms with Crippen molar-refractivity contribution >= 4 is 11.9 Å². The second-order valence-electron chi connectivity index (χ2n) is 3.69. The van der Waals surface area contributed by atoms with Gasteiger partial charge in [0.1, 0.15) is 0 Å². The van der Waals surface area contributed by atoms with Crippen LogP contribution in [0.2, 0.25) is 0 Å². The summed E-state index contributed by atoms with van der Waals surface area (Å²) in [6, 6.07) is 9.77. The molecule has 0 aliphatic rings. The Morgan fingerprint density at radius 1 is 1.18 bits per heavy atom.